The average molecular weight is 522 g/mol. The number of phenolic OH excluding ortho intramolecular Hbond substituents is 1. The number of cyclic esters (lactones) is 1. The lowest BCUT2D eigenvalue weighted by Gasteiger charge is -2.28. The number of carbonyl (C=O) groups is 4. The van der Waals surface area contributed by atoms with Crippen LogP contribution in [-0.2, 0) is 19.1 Å². The second-order valence-corrected chi connectivity index (χ2v) is 9.60. The van der Waals surface area contributed by atoms with Gasteiger partial charge in [-0.2, -0.15) is 0 Å². The van der Waals surface area contributed by atoms with E-state index >= 15 is 0 Å². The molecule has 2 aliphatic heterocycles. The third-order valence-corrected chi connectivity index (χ3v) is 6.64. The maximum absolute atomic E-state index is 13.3. The van der Waals surface area contributed by atoms with Gasteiger partial charge in [0.1, 0.15) is 28.6 Å². The lowest BCUT2D eigenvalue weighted by molar-refractivity contribution is -0.135. The van der Waals surface area contributed by atoms with Gasteiger partial charge in [-0.3, -0.25) is 14.4 Å². The third kappa shape index (κ3) is 6.40. The van der Waals surface area contributed by atoms with E-state index in [4.69, 9.17) is 19.9 Å². The number of rotatable bonds is 4. The van der Waals surface area contributed by atoms with E-state index in [1.54, 1.807) is 43.3 Å². The number of hydrogen-bond acceptors (Lipinski definition) is 8. The van der Waals surface area contributed by atoms with Crippen LogP contribution in [0.2, 0.25) is 0 Å². The number of esters is 2. The maximum Gasteiger partial charge on any atom is 0.342 e. The van der Waals surface area contributed by atoms with Gasteiger partial charge in [0.25, 0.3) is 5.91 Å². The first-order valence-electron chi connectivity index (χ1n) is 12.7. The molecule has 2 atom stereocenters. The van der Waals surface area contributed by atoms with E-state index in [0.29, 0.717) is 61.0 Å². The second kappa shape index (κ2) is 11.9. The topological polar surface area (TPSA) is 142 Å². The highest BCUT2D eigenvalue weighted by atomic mass is 16.5. The SMILES string of the molecule is C[C@H]1CCCC(=O)CCCC=Cc2cc3c(c(O)c2C(=O)O1)C(c1ccc(OCC(N)=O)cc1)CC(=O)O3. The van der Waals surface area contributed by atoms with Gasteiger partial charge in [-0.1, -0.05) is 24.3 Å². The quantitative estimate of drug-likeness (QED) is 0.451. The van der Waals surface area contributed by atoms with Crippen LogP contribution in [0.25, 0.3) is 6.08 Å². The van der Waals surface area contributed by atoms with Crippen LogP contribution in [0.5, 0.6) is 17.2 Å². The van der Waals surface area contributed by atoms with E-state index in [0.717, 1.165) is 0 Å². The van der Waals surface area contributed by atoms with Crippen molar-refractivity contribution in [3.05, 3.63) is 58.7 Å². The van der Waals surface area contributed by atoms with E-state index in [-0.39, 0.29) is 35.9 Å². The molecule has 2 aromatic carbocycles. The first-order chi connectivity index (χ1) is 18.2. The Bertz CT molecular complexity index is 1260. The van der Waals surface area contributed by atoms with Crippen molar-refractivity contribution in [3.63, 3.8) is 0 Å². The number of fused-ring (bicyclic) bond motifs is 2. The Kier molecular flexibility index (Phi) is 8.45. The molecule has 0 saturated carbocycles. The Morgan fingerprint density at radius 1 is 1.13 bits per heavy atom. The van der Waals surface area contributed by atoms with Crippen molar-refractivity contribution in [1.29, 1.82) is 0 Å². The number of primary amides is 1. The molecule has 0 aliphatic carbocycles. The lowest BCUT2D eigenvalue weighted by Crippen LogP contribution is -2.23. The molecular weight excluding hydrogens is 490 g/mol. The van der Waals surface area contributed by atoms with Crippen molar-refractivity contribution in [3.8, 4) is 17.2 Å². The summed E-state index contributed by atoms with van der Waals surface area (Å²) in [6.07, 6.45) is 6.36. The molecule has 0 aromatic heterocycles. The summed E-state index contributed by atoms with van der Waals surface area (Å²) in [6.45, 7) is 1.49. The van der Waals surface area contributed by atoms with Gasteiger partial charge in [-0.05, 0) is 61.9 Å². The predicted molar refractivity (Wildman–Crippen MR) is 138 cm³/mol. The van der Waals surface area contributed by atoms with Crippen molar-refractivity contribution >= 4 is 29.7 Å². The van der Waals surface area contributed by atoms with Crippen LogP contribution in [0, 0.1) is 0 Å². The van der Waals surface area contributed by atoms with Crippen LogP contribution < -0.4 is 15.2 Å². The minimum absolute atomic E-state index is 0.00402. The number of Topliss-reactive ketones (excluding diaryl/α,β-unsaturated/α-hetero) is 1. The summed E-state index contributed by atoms with van der Waals surface area (Å²) < 4.78 is 16.4. The molecule has 9 heteroatoms. The molecule has 1 unspecified atom stereocenters. The zero-order valence-corrected chi connectivity index (χ0v) is 21.2. The number of allylic oxidation sites excluding steroid dienone is 1. The smallest absolute Gasteiger partial charge is 0.342 e. The number of amides is 1. The van der Waals surface area contributed by atoms with Gasteiger partial charge in [0.2, 0.25) is 0 Å². The van der Waals surface area contributed by atoms with Gasteiger partial charge in [-0.15, -0.1) is 0 Å². The van der Waals surface area contributed by atoms with Gasteiger partial charge in [0, 0.05) is 24.3 Å². The van der Waals surface area contributed by atoms with Crippen molar-refractivity contribution in [1.82, 2.24) is 0 Å². The number of aromatic hydroxyl groups is 1. The largest absolute Gasteiger partial charge is 0.507 e. The van der Waals surface area contributed by atoms with E-state index in [1.165, 1.54) is 0 Å². The summed E-state index contributed by atoms with van der Waals surface area (Å²) in [6, 6.07) is 8.28. The first kappa shape index (κ1) is 26.9. The average Bonchev–Trinajstić information content (AvgIpc) is 2.86. The first-order valence-corrected chi connectivity index (χ1v) is 12.7. The molecule has 0 bridgehead atoms. The fourth-order valence-electron chi connectivity index (χ4n) is 4.75. The minimum Gasteiger partial charge on any atom is -0.507 e. The van der Waals surface area contributed by atoms with Crippen LogP contribution in [0.1, 0.15) is 84.8 Å². The Morgan fingerprint density at radius 2 is 1.87 bits per heavy atom. The number of carbonyl (C=O) groups excluding carboxylic acids is 4. The highest BCUT2D eigenvalue weighted by Gasteiger charge is 2.35. The lowest BCUT2D eigenvalue weighted by atomic mass is 9.83. The summed E-state index contributed by atoms with van der Waals surface area (Å²) in [5.74, 6) is -1.88. The molecule has 1 amide bonds. The highest BCUT2D eigenvalue weighted by Crippen LogP contribution is 2.47. The number of ketones is 1. The van der Waals surface area contributed by atoms with Crippen molar-refractivity contribution in [2.24, 2.45) is 5.73 Å². The molecular formula is C29H31NO8. The van der Waals surface area contributed by atoms with Crippen LogP contribution in [0.3, 0.4) is 0 Å². The number of benzene rings is 2. The number of hydrogen-bond donors (Lipinski definition) is 2. The minimum atomic E-state index is -0.688. The molecule has 3 N–H and O–H groups in total. The van der Waals surface area contributed by atoms with Crippen molar-refractivity contribution < 1.29 is 38.5 Å². The Hall–Kier alpha value is -4.14. The number of phenols is 1. The summed E-state index contributed by atoms with van der Waals surface area (Å²) in [5, 5.41) is 11.4. The number of nitrogens with two attached hydrogens (primary N) is 1. The molecule has 2 heterocycles. The van der Waals surface area contributed by atoms with Crippen molar-refractivity contribution in [2.45, 2.75) is 63.9 Å². The molecule has 9 nitrogen and oxygen atoms in total. The summed E-state index contributed by atoms with van der Waals surface area (Å²) in [4.78, 5) is 48.9. The standard InChI is InChI=1S/C29H31NO8/c1-17-6-5-9-20(31)8-4-2-3-7-19-14-23-27(28(34)26(19)29(35)37-17)22(15-25(33)38-23)18-10-12-21(13-11-18)36-16-24(30)32/h3,7,10-14,17,22,34H,2,4-6,8-9,15-16H2,1H3,(H2,30,32)/t17-,22?/m0/s1. The normalized spacial score (nSPS) is 20.4. The third-order valence-electron chi connectivity index (χ3n) is 6.64. The molecule has 2 aliphatic rings. The Labute approximate surface area is 220 Å². The van der Waals surface area contributed by atoms with Gasteiger partial charge in [0.05, 0.1) is 12.5 Å². The molecule has 2 aromatic rings. The Morgan fingerprint density at radius 3 is 2.61 bits per heavy atom. The van der Waals surface area contributed by atoms with Gasteiger partial charge >= 0.3 is 11.9 Å². The fraction of sp³-hybridized carbons (Fsp3) is 0.379. The summed E-state index contributed by atoms with van der Waals surface area (Å²) in [5.41, 5.74) is 6.50. The zero-order chi connectivity index (χ0) is 27.2. The molecule has 0 radical (unpaired) electrons. The predicted octanol–water partition coefficient (Wildman–Crippen LogP) is 4.18. The van der Waals surface area contributed by atoms with E-state index < -0.39 is 29.9 Å². The van der Waals surface area contributed by atoms with E-state index in [1.807, 2.05) is 6.08 Å². The monoisotopic (exact) mass is 521 g/mol. The van der Waals surface area contributed by atoms with Gasteiger partial charge < -0.3 is 25.1 Å². The molecule has 38 heavy (non-hydrogen) atoms. The molecule has 4 rings (SSSR count). The molecule has 0 spiro atoms. The van der Waals surface area contributed by atoms with Crippen molar-refractivity contribution in [2.75, 3.05) is 6.61 Å². The number of ether oxygens (including phenoxy) is 3. The van der Waals surface area contributed by atoms with Gasteiger partial charge in [-0.25, -0.2) is 4.79 Å². The molecule has 200 valence electrons. The van der Waals surface area contributed by atoms with Crippen LogP contribution >= 0.6 is 0 Å². The highest BCUT2D eigenvalue weighted by molar-refractivity contribution is 5.98. The fourth-order valence-corrected chi connectivity index (χ4v) is 4.75. The van der Waals surface area contributed by atoms with E-state index in [2.05, 4.69) is 0 Å². The van der Waals surface area contributed by atoms with Crippen LogP contribution in [0.15, 0.2) is 36.4 Å². The second-order valence-electron chi connectivity index (χ2n) is 9.60. The summed E-state index contributed by atoms with van der Waals surface area (Å²) in [7, 11) is 0. The molecule has 0 saturated heterocycles. The summed E-state index contributed by atoms with van der Waals surface area (Å²) >= 11 is 0. The van der Waals surface area contributed by atoms with Crippen LogP contribution in [0.4, 0.5) is 0 Å². The Balaban J connectivity index is 1.74. The maximum atomic E-state index is 13.3. The van der Waals surface area contributed by atoms with Gasteiger partial charge in [0.15, 0.2) is 6.61 Å². The van der Waals surface area contributed by atoms with Crippen LogP contribution in [-0.4, -0.2) is 41.4 Å². The zero-order valence-electron chi connectivity index (χ0n) is 21.2. The van der Waals surface area contributed by atoms with E-state index in [9.17, 15) is 24.3 Å². The molecule has 0 fully saturated rings.